The standard InChI is InChI=1S/C25H37N5O3/c1-5-29-14-10-6-7-11-15-30(25(32)22-17-28(4)27-26-22)20(16-19(2)3)18-33-23-13-9-8-12-21(23)24(29)31/h8-9,12-13,17,19-20H,5-7,10-11,14-16,18H2,1-4H3/t20-/m0/s1. The number of para-hydroxylation sites is 1. The Morgan fingerprint density at radius 1 is 1.15 bits per heavy atom. The molecular weight excluding hydrogens is 418 g/mol. The summed E-state index contributed by atoms with van der Waals surface area (Å²) in [5.41, 5.74) is 0.924. The zero-order valence-electron chi connectivity index (χ0n) is 20.4. The molecule has 2 amide bonds. The molecule has 33 heavy (non-hydrogen) atoms. The van der Waals surface area contributed by atoms with E-state index in [1.54, 1.807) is 17.9 Å². The number of carbonyl (C=O) groups excluding carboxylic acids is 2. The second-order valence-electron chi connectivity index (χ2n) is 9.17. The zero-order valence-corrected chi connectivity index (χ0v) is 20.4. The van der Waals surface area contributed by atoms with Crippen molar-refractivity contribution in [2.45, 2.75) is 58.9 Å². The van der Waals surface area contributed by atoms with Gasteiger partial charge in [-0.2, -0.15) is 0 Å². The Bertz CT molecular complexity index is 926. The molecule has 0 saturated heterocycles. The predicted molar refractivity (Wildman–Crippen MR) is 127 cm³/mol. The highest BCUT2D eigenvalue weighted by molar-refractivity contribution is 5.97. The molecule has 1 aromatic heterocycles. The largest absolute Gasteiger partial charge is 0.491 e. The Morgan fingerprint density at radius 3 is 2.55 bits per heavy atom. The number of rotatable bonds is 4. The van der Waals surface area contributed by atoms with Crippen molar-refractivity contribution in [3.63, 3.8) is 0 Å². The summed E-state index contributed by atoms with van der Waals surface area (Å²) in [6.45, 7) is 8.67. The van der Waals surface area contributed by atoms with Gasteiger partial charge in [-0.25, -0.2) is 0 Å². The molecule has 1 aliphatic rings. The van der Waals surface area contributed by atoms with Crippen LogP contribution in [0.15, 0.2) is 30.5 Å². The topological polar surface area (TPSA) is 80.6 Å². The van der Waals surface area contributed by atoms with E-state index >= 15 is 0 Å². The third-order valence-electron chi connectivity index (χ3n) is 6.06. The highest BCUT2D eigenvalue weighted by Gasteiger charge is 2.28. The van der Waals surface area contributed by atoms with Gasteiger partial charge in [0.25, 0.3) is 11.8 Å². The maximum absolute atomic E-state index is 13.4. The quantitative estimate of drug-likeness (QED) is 0.701. The van der Waals surface area contributed by atoms with Crippen molar-refractivity contribution >= 4 is 11.8 Å². The molecule has 0 bridgehead atoms. The Kier molecular flexibility index (Phi) is 8.86. The molecule has 180 valence electrons. The molecule has 2 aromatic rings. The van der Waals surface area contributed by atoms with E-state index in [1.165, 1.54) is 0 Å². The molecule has 3 rings (SSSR count). The fraction of sp³-hybridized carbons (Fsp3) is 0.600. The minimum absolute atomic E-state index is 0.00179. The normalized spacial score (nSPS) is 18.6. The highest BCUT2D eigenvalue weighted by Crippen LogP contribution is 2.24. The Balaban J connectivity index is 1.92. The Labute approximate surface area is 196 Å². The lowest BCUT2D eigenvalue weighted by atomic mass is 10.0. The monoisotopic (exact) mass is 455 g/mol. The van der Waals surface area contributed by atoms with Gasteiger partial charge in [0.15, 0.2) is 5.69 Å². The van der Waals surface area contributed by atoms with Gasteiger partial charge >= 0.3 is 0 Å². The van der Waals surface area contributed by atoms with E-state index in [4.69, 9.17) is 4.74 Å². The smallest absolute Gasteiger partial charge is 0.276 e. The van der Waals surface area contributed by atoms with Crippen LogP contribution in [0, 0.1) is 5.92 Å². The van der Waals surface area contributed by atoms with Gasteiger partial charge in [-0.05, 0) is 44.2 Å². The number of fused-ring (bicyclic) bond motifs is 1. The molecule has 8 nitrogen and oxygen atoms in total. The minimum Gasteiger partial charge on any atom is -0.491 e. The summed E-state index contributed by atoms with van der Waals surface area (Å²) in [5, 5.41) is 8.00. The summed E-state index contributed by atoms with van der Waals surface area (Å²) in [4.78, 5) is 30.4. The lowest BCUT2D eigenvalue weighted by Gasteiger charge is -2.33. The van der Waals surface area contributed by atoms with Crippen molar-refractivity contribution in [2.75, 3.05) is 26.2 Å². The number of carbonyl (C=O) groups is 2. The van der Waals surface area contributed by atoms with E-state index < -0.39 is 0 Å². The molecular formula is C25H37N5O3. The van der Waals surface area contributed by atoms with E-state index in [2.05, 4.69) is 24.2 Å². The summed E-state index contributed by atoms with van der Waals surface area (Å²) < 4.78 is 7.80. The van der Waals surface area contributed by atoms with E-state index in [0.717, 1.165) is 38.6 Å². The summed E-state index contributed by atoms with van der Waals surface area (Å²) in [6, 6.07) is 7.28. The number of hydrogen-bond donors (Lipinski definition) is 0. The van der Waals surface area contributed by atoms with Crippen LogP contribution in [0.5, 0.6) is 5.75 Å². The summed E-state index contributed by atoms with van der Waals surface area (Å²) >= 11 is 0. The Hall–Kier alpha value is -2.90. The van der Waals surface area contributed by atoms with Crippen LogP contribution in [-0.4, -0.2) is 68.9 Å². The fourth-order valence-corrected chi connectivity index (χ4v) is 4.34. The van der Waals surface area contributed by atoms with Crippen LogP contribution in [-0.2, 0) is 7.05 Å². The van der Waals surface area contributed by atoms with Crippen LogP contribution in [0.3, 0.4) is 0 Å². The molecule has 1 atom stereocenters. The van der Waals surface area contributed by atoms with Crippen molar-refractivity contribution in [1.82, 2.24) is 24.8 Å². The van der Waals surface area contributed by atoms with Gasteiger partial charge in [-0.3, -0.25) is 14.3 Å². The molecule has 2 heterocycles. The number of aryl methyl sites for hydroxylation is 1. The minimum atomic E-state index is -0.132. The molecule has 1 aliphatic heterocycles. The first-order valence-corrected chi connectivity index (χ1v) is 12.1. The summed E-state index contributed by atoms with van der Waals surface area (Å²) in [6.07, 6.45) is 6.32. The van der Waals surface area contributed by atoms with Crippen LogP contribution < -0.4 is 4.74 Å². The lowest BCUT2D eigenvalue weighted by molar-refractivity contribution is 0.0560. The van der Waals surface area contributed by atoms with Crippen molar-refractivity contribution in [3.8, 4) is 5.75 Å². The second kappa shape index (κ2) is 11.8. The SMILES string of the molecule is CCN1CCCCCCN(C(=O)c2cn(C)nn2)[C@@H](CC(C)C)COc2ccccc2C1=O. The van der Waals surface area contributed by atoms with Crippen LogP contribution in [0.2, 0.25) is 0 Å². The van der Waals surface area contributed by atoms with Crippen LogP contribution in [0.25, 0.3) is 0 Å². The fourth-order valence-electron chi connectivity index (χ4n) is 4.34. The van der Waals surface area contributed by atoms with Crippen molar-refractivity contribution < 1.29 is 14.3 Å². The van der Waals surface area contributed by atoms with Crippen LogP contribution in [0.4, 0.5) is 0 Å². The van der Waals surface area contributed by atoms with Crippen molar-refractivity contribution in [3.05, 3.63) is 41.7 Å². The molecule has 0 unspecified atom stereocenters. The molecule has 0 fully saturated rings. The lowest BCUT2D eigenvalue weighted by Crippen LogP contribution is -2.45. The third kappa shape index (κ3) is 6.55. The summed E-state index contributed by atoms with van der Waals surface area (Å²) in [7, 11) is 1.76. The van der Waals surface area contributed by atoms with Crippen LogP contribution in [0.1, 0.15) is 73.7 Å². The first-order chi connectivity index (χ1) is 15.9. The average Bonchev–Trinajstić information content (AvgIpc) is 3.24. The number of aromatic nitrogens is 3. The number of hydrogen-bond acceptors (Lipinski definition) is 5. The third-order valence-corrected chi connectivity index (χ3v) is 6.06. The highest BCUT2D eigenvalue weighted by atomic mass is 16.5. The van der Waals surface area contributed by atoms with E-state index in [0.29, 0.717) is 42.6 Å². The number of amides is 2. The number of ether oxygens (including phenoxy) is 1. The van der Waals surface area contributed by atoms with E-state index in [9.17, 15) is 9.59 Å². The average molecular weight is 456 g/mol. The van der Waals surface area contributed by atoms with Crippen molar-refractivity contribution in [1.29, 1.82) is 0 Å². The molecule has 0 N–H and O–H groups in total. The zero-order chi connectivity index (χ0) is 23.8. The second-order valence-corrected chi connectivity index (χ2v) is 9.17. The van der Waals surface area contributed by atoms with Gasteiger partial charge in [0.2, 0.25) is 0 Å². The maximum atomic E-state index is 13.4. The molecule has 1 aromatic carbocycles. The molecule has 8 heteroatoms. The van der Waals surface area contributed by atoms with Gasteiger partial charge < -0.3 is 14.5 Å². The first-order valence-electron chi connectivity index (χ1n) is 12.1. The van der Waals surface area contributed by atoms with Gasteiger partial charge in [0.05, 0.1) is 17.8 Å². The van der Waals surface area contributed by atoms with Gasteiger partial charge in [0, 0.05) is 26.7 Å². The summed E-state index contributed by atoms with van der Waals surface area (Å²) in [5.74, 6) is 0.824. The number of nitrogens with zero attached hydrogens (tertiary/aromatic N) is 5. The predicted octanol–water partition coefficient (Wildman–Crippen LogP) is 3.79. The molecule has 0 saturated carbocycles. The van der Waals surface area contributed by atoms with E-state index in [-0.39, 0.29) is 17.9 Å². The molecule has 0 radical (unpaired) electrons. The van der Waals surface area contributed by atoms with Crippen molar-refractivity contribution in [2.24, 2.45) is 13.0 Å². The van der Waals surface area contributed by atoms with Gasteiger partial charge in [-0.15, -0.1) is 5.10 Å². The van der Waals surface area contributed by atoms with E-state index in [1.807, 2.05) is 41.0 Å². The van der Waals surface area contributed by atoms with Gasteiger partial charge in [-0.1, -0.05) is 44.0 Å². The Morgan fingerprint density at radius 2 is 1.88 bits per heavy atom. The molecule has 0 aliphatic carbocycles. The van der Waals surface area contributed by atoms with Gasteiger partial charge in [0.1, 0.15) is 12.4 Å². The first kappa shape index (κ1) is 24.7. The maximum Gasteiger partial charge on any atom is 0.276 e. The van der Waals surface area contributed by atoms with Crippen LogP contribution >= 0.6 is 0 Å². The number of benzene rings is 1. The molecule has 0 spiro atoms.